The molecule has 2 aliphatic rings. The van der Waals surface area contributed by atoms with E-state index in [1.54, 1.807) is 0 Å². The van der Waals surface area contributed by atoms with E-state index in [1.165, 1.54) is 0 Å². The quantitative estimate of drug-likeness (QED) is 0.756. The summed E-state index contributed by atoms with van der Waals surface area (Å²) in [7, 11) is 0. The summed E-state index contributed by atoms with van der Waals surface area (Å²) in [5.74, 6) is 2.37. The van der Waals surface area contributed by atoms with Gasteiger partial charge in [0.25, 0.3) is 0 Å². The average molecular weight is 374 g/mol. The van der Waals surface area contributed by atoms with E-state index in [9.17, 15) is 4.79 Å². The second-order valence-electron chi connectivity index (χ2n) is 6.16. The van der Waals surface area contributed by atoms with E-state index in [1.807, 2.05) is 11.8 Å². The summed E-state index contributed by atoms with van der Waals surface area (Å²) in [6.07, 6.45) is 0.599. The maximum Gasteiger partial charge on any atom is 0.221 e. The lowest BCUT2D eigenvalue weighted by Gasteiger charge is -2.38. The van der Waals surface area contributed by atoms with Crippen molar-refractivity contribution in [3.63, 3.8) is 0 Å². The van der Waals surface area contributed by atoms with Crippen LogP contribution >= 0.6 is 36.6 Å². The SMILES string of the molecule is CC1(C)CN(CCNC(=O)CC2CSCCN2)CCO1.Cl.Cl. The van der Waals surface area contributed by atoms with Crippen molar-refractivity contribution in [1.82, 2.24) is 15.5 Å². The molecule has 0 spiro atoms. The van der Waals surface area contributed by atoms with Crippen molar-refractivity contribution in [3.05, 3.63) is 0 Å². The minimum absolute atomic E-state index is 0. The predicted molar refractivity (Wildman–Crippen MR) is 97.7 cm³/mol. The van der Waals surface area contributed by atoms with Crippen LogP contribution in [0.2, 0.25) is 0 Å². The molecule has 2 aliphatic heterocycles. The van der Waals surface area contributed by atoms with Crippen LogP contribution in [-0.4, -0.2) is 73.3 Å². The van der Waals surface area contributed by atoms with Crippen LogP contribution < -0.4 is 10.6 Å². The molecule has 8 heteroatoms. The Balaban J connectivity index is 0.00000220. The topological polar surface area (TPSA) is 53.6 Å². The normalized spacial score (nSPS) is 24.7. The number of carbonyl (C=O) groups excluding carboxylic acids is 1. The van der Waals surface area contributed by atoms with E-state index in [-0.39, 0.29) is 36.3 Å². The molecule has 0 saturated carbocycles. The molecule has 2 fully saturated rings. The zero-order valence-corrected chi connectivity index (χ0v) is 15.9. The van der Waals surface area contributed by atoms with Gasteiger partial charge in [-0.1, -0.05) is 0 Å². The Morgan fingerprint density at radius 3 is 2.86 bits per heavy atom. The van der Waals surface area contributed by atoms with E-state index < -0.39 is 0 Å². The molecule has 1 amide bonds. The Hall–Kier alpha value is 0.280. The van der Waals surface area contributed by atoms with Crippen LogP contribution in [-0.2, 0) is 9.53 Å². The van der Waals surface area contributed by atoms with E-state index in [0.717, 1.165) is 50.8 Å². The van der Waals surface area contributed by atoms with Gasteiger partial charge in [0, 0.05) is 56.7 Å². The molecule has 2 saturated heterocycles. The number of hydrogen-bond donors (Lipinski definition) is 2. The highest BCUT2D eigenvalue weighted by Crippen LogP contribution is 2.15. The lowest BCUT2D eigenvalue weighted by atomic mass is 10.1. The van der Waals surface area contributed by atoms with Crippen LogP contribution in [0.5, 0.6) is 0 Å². The van der Waals surface area contributed by atoms with Gasteiger partial charge < -0.3 is 15.4 Å². The zero-order chi connectivity index (χ0) is 14.4. The highest BCUT2D eigenvalue weighted by molar-refractivity contribution is 7.99. The first-order valence-corrected chi connectivity index (χ1v) is 8.65. The van der Waals surface area contributed by atoms with Crippen molar-refractivity contribution < 1.29 is 9.53 Å². The zero-order valence-electron chi connectivity index (χ0n) is 13.4. The summed E-state index contributed by atoms with van der Waals surface area (Å²) in [5, 5.41) is 6.43. The van der Waals surface area contributed by atoms with Crippen molar-refractivity contribution in [2.75, 3.05) is 50.8 Å². The number of nitrogens with zero attached hydrogens (tertiary/aromatic N) is 1. The third kappa shape index (κ3) is 8.22. The number of morpholine rings is 1. The van der Waals surface area contributed by atoms with Gasteiger partial charge in [0.1, 0.15) is 0 Å². The van der Waals surface area contributed by atoms with Gasteiger partial charge in [0.15, 0.2) is 0 Å². The molecule has 132 valence electrons. The monoisotopic (exact) mass is 373 g/mol. The van der Waals surface area contributed by atoms with Crippen molar-refractivity contribution in [1.29, 1.82) is 0 Å². The molecule has 2 N–H and O–H groups in total. The summed E-state index contributed by atoms with van der Waals surface area (Å²) in [5.41, 5.74) is -0.0640. The fraction of sp³-hybridized carbons (Fsp3) is 0.929. The summed E-state index contributed by atoms with van der Waals surface area (Å²) >= 11 is 1.93. The Bertz CT molecular complexity index is 329. The third-order valence-corrected chi connectivity index (χ3v) is 4.82. The smallest absolute Gasteiger partial charge is 0.221 e. The molecule has 1 unspecified atom stereocenters. The van der Waals surface area contributed by atoms with Gasteiger partial charge in [-0.2, -0.15) is 11.8 Å². The number of hydrogen-bond acceptors (Lipinski definition) is 5. The van der Waals surface area contributed by atoms with Gasteiger partial charge in [-0.05, 0) is 13.8 Å². The van der Waals surface area contributed by atoms with Gasteiger partial charge in [-0.15, -0.1) is 24.8 Å². The minimum Gasteiger partial charge on any atom is -0.373 e. The second kappa shape index (κ2) is 10.9. The summed E-state index contributed by atoms with van der Waals surface area (Å²) in [6, 6.07) is 0.344. The van der Waals surface area contributed by atoms with Crippen molar-refractivity contribution in [3.8, 4) is 0 Å². The first kappa shape index (κ1) is 22.3. The molecule has 0 aromatic carbocycles. The largest absolute Gasteiger partial charge is 0.373 e. The summed E-state index contributed by atoms with van der Waals surface area (Å²) in [4.78, 5) is 14.2. The van der Waals surface area contributed by atoms with E-state index >= 15 is 0 Å². The molecule has 0 aromatic heterocycles. The first-order chi connectivity index (χ1) is 9.55. The van der Waals surface area contributed by atoms with E-state index in [0.29, 0.717) is 12.5 Å². The van der Waals surface area contributed by atoms with Crippen molar-refractivity contribution >= 4 is 42.5 Å². The fourth-order valence-electron chi connectivity index (χ4n) is 2.71. The molecule has 2 heterocycles. The number of halogens is 2. The molecule has 0 aromatic rings. The van der Waals surface area contributed by atoms with Crippen LogP contribution in [0, 0.1) is 0 Å². The summed E-state index contributed by atoms with van der Waals surface area (Å²) in [6.45, 7) is 9.56. The molecular weight excluding hydrogens is 345 g/mol. The van der Waals surface area contributed by atoms with Gasteiger partial charge in [0.05, 0.1) is 12.2 Å². The molecule has 0 aliphatic carbocycles. The maximum absolute atomic E-state index is 11.9. The second-order valence-corrected chi connectivity index (χ2v) is 7.31. The summed E-state index contributed by atoms with van der Waals surface area (Å²) < 4.78 is 5.68. The van der Waals surface area contributed by atoms with Gasteiger partial charge in [-0.3, -0.25) is 9.69 Å². The Morgan fingerprint density at radius 2 is 2.23 bits per heavy atom. The minimum atomic E-state index is -0.0640. The van der Waals surface area contributed by atoms with Crippen LogP contribution in [0.15, 0.2) is 0 Å². The number of carbonyl (C=O) groups is 1. The van der Waals surface area contributed by atoms with E-state index in [4.69, 9.17) is 4.74 Å². The van der Waals surface area contributed by atoms with Gasteiger partial charge >= 0.3 is 0 Å². The lowest BCUT2D eigenvalue weighted by molar-refractivity contribution is -0.121. The maximum atomic E-state index is 11.9. The van der Waals surface area contributed by atoms with E-state index in [2.05, 4.69) is 29.4 Å². The average Bonchev–Trinajstić information content (AvgIpc) is 2.38. The number of thioether (sulfide) groups is 1. The number of rotatable bonds is 5. The molecule has 2 rings (SSSR count). The van der Waals surface area contributed by atoms with Gasteiger partial charge in [-0.25, -0.2) is 0 Å². The molecule has 1 atom stereocenters. The van der Waals surface area contributed by atoms with Crippen LogP contribution in [0.3, 0.4) is 0 Å². The van der Waals surface area contributed by atoms with Crippen LogP contribution in [0.4, 0.5) is 0 Å². The number of nitrogens with one attached hydrogen (secondary N) is 2. The molecule has 22 heavy (non-hydrogen) atoms. The van der Waals surface area contributed by atoms with Crippen LogP contribution in [0.1, 0.15) is 20.3 Å². The number of ether oxygens (including phenoxy) is 1. The van der Waals surface area contributed by atoms with Crippen molar-refractivity contribution in [2.45, 2.75) is 31.9 Å². The molecule has 0 bridgehead atoms. The Kier molecular flexibility index (Phi) is 11.1. The molecule has 5 nitrogen and oxygen atoms in total. The third-order valence-electron chi connectivity index (χ3n) is 3.69. The van der Waals surface area contributed by atoms with Crippen molar-refractivity contribution in [2.24, 2.45) is 0 Å². The first-order valence-electron chi connectivity index (χ1n) is 7.49. The lowest BCUT2D eigenvalue weighted by Crippen LogP contribution is -2.50. The number of amides is 1. The predicted octanol–water partition coefficient (Wildman–Crippen LogP) is 1.15. The van der Waals surface area contributed by atoms with Gasteiger partial charge in [0.2, 0.25) is 5.91 Å². The highest BCUT2D eigenvalue weighted by atomic mass is 35.5. The Labute approximate surface area is 150 Å². The van der Waals surface area contributed by atoms with Crippen LogP contribution in [0.25, 0.3) is 0 Å². The fourth-order valence-corrected chi connectivity index (χ4v) is 3.65. The Morgan fingerprint density at radius 1 is 1.45 bits per heavy atom. The standard InChI is InChI=1S/C14H27N3O2S.2ClH/c1-14(2)11-17(6-7-19-14)5-3-16-13(18)9-12-10-20-8-4-15-12;;/h12,15H,3-11H2,1-2H3,(H,16,18);2*1H. The molecule has 0 radical (unpaired) electrons. The highest BCUT2D eigenvalue weighted by Gasteiger charge is 2.26. The molecular formula is C14H29Cl2N3O2S.